The van der Waals surface area contributed by atoms with E-state index < -0.39 is 7.12 Å². The third-order valence-electron chi connectivity index (χ3n) is 6.77. The van der Waals surface area contributed by atoms with Crippen LogP contribution in [0.4, 0.5) is 11.6 Å². The lowest BCUT2D eigenvalue weighted by Crippen LogP contribution is -2.41. The van der Waals surface area contributed by atoms with Crippen molar-refractivity contribution < 1.29 is 14.0 Å². The first kappa shape index (κ1) is 24.3. The Morgan fingerprint density at radius 1 is 0.972 bits per heavy atom. The molecule has 1 N–H and O–H groups in total. The van der Waals surface area contributed by atoms with Gasteiger partial charge in [0.05, 0.1) is 28.2 Å². The number of hydrogen-bond acceptors (Lipinski definition) is 8. The fourth-order valence-electron chi connectivity index (χ4n) is 4.07. The van der Waals surface area contributed by atoms with E-state index in [9.17, 15) is 5.26 Å². The normalized spacial score (nSPS) is 16.2. The molecule has 1 fully saturated rings. The van der Waals surface area contributed by atoms with Crippen LogP contribution < -0.4 is 15.5 Å². The van der Waals surface area contributed by atoms with E-state index in [4.69, 9.17) is 14.0 Å². The third-order valence-corrected chi connectivity index (χ3v) is 7.58. The molecule has 0 radical (unpaired) electrons. The predicted octanol–water partition coefficient (Wildman–Crippen LogP) is 6.01. The van der Waals surface area contributed by atoms with Gasteiger partial charge >= 0.3 is 7.12 Å². The van der Waals surface area contributed by atoms with E-state index in [0.717, 1.165) is 32.5 Å². The van der Waals surface area contributed by atoms with Gasteiger partial charge in [-0.05, 0) is 93.8 Å². The van der Waals surface area contributed by atoms with Crippen LogP contribution in [0.25, 0.3) is 10.2 Å². The van der Waals surface area contributed by atoms with E-state index in [1.54, 1.807) is 0 Å². The Kier molecular flexibility index (Phi) is 5.99. The van der Waals surface area contributed by atoms with Crippen molar-refractivity contribution in [1.82, 2.24) is 9.97 Å². The van der Waals surface area contributed by atoms with E-state index in [-0.39, 0.29) is 11.2 Å². The van der Waals surface area contributed by atoms with Gasteiger partial charge in [-0.15, -0.1) is 11.3 Å². The quantitative estimate of drug-likeness (QED) is 0.337. The average Bonchev–Trinajstić information content (AvgIpc) is 3.37. The fourth-order valence-corrected chi connectivity index (χ4v) is 4.82. The van der Waals surface area contributed by atoms with Crippen LogP contribution in [-0.2, 0) is 9.31 Å². The van der Waals surface area contributed by atoms with Crippen molar-refractivity contribution in [2.45, 2.75) is 52.7 Å². The van der Waals surface area contributed by atoms with Gasteiger partial charge in [-0.25, -0.2) is 4.98 Å². The highest BCUT2D eigenvalue weighted by Gasteiger charge is 2.51. The van der Waals surface area contributed by atoms with Crippen LogP contribution in [0.5, 0.6) is 11.6 Å². The molecule has 0 aliphatic carbocycles. The van der Waals surface area contributed by atoms with Crippen molar-refractivity contribution in [1.29, 1.82) is 5.26 Å². The summed E-state index contributed by atoms with van der Waals surface area (Å²) in [6.45, 7) is 12.0. The maximum Gasteiger partial charge on any atom is 0.494 e. The van der Waals surface area contributed by atoms with Gasteiger partial charge in [0.1, 0.15) is 10.6 Å². The third kappa shape index (κ3) is 4.44. The summed E-state index contributed by atoms with van der Waals surface area (Å²) in [5.74, 6) is 1.60. The summed E-state index contributed by atoms with van der Waals surface area (Å²) in [6, 6.07) is 15.6. The molecule has 1 aliphatic heterocycles. The lowest BCUT2D eigenvalue weighted by atomic mass is 9.79. The standard InChI is InChI=1S/C27H27BN4O3S/c1-16-13-18(15-29)14-17(2)22(16)33-23-21-11-12-36-24(21)32-25(31-23)30-20-9-7-19(8-10-20)28-34-26(3,4)27(5,6)35-28/h7-14H,1-6H3,(H,30,31,32). The fraction of sp³-hybridized carbons (Fsp3) is 0.296. The molecule has 1 aliphatic rings. The number of fused-ring (bicyclic) bond motifs is 1. The molecule has 5 rings (SSSR count). The van der Waals surface area contributed by atoms with Crippen LogP contribution in [0.1, 0.15) is 44.4 Å². The van der Waals surface area contributed by atoms with Gasteiger partial charge in [-0.2, -0.15) is 10.2 Å². The SMILES string of the molecule is Cc1cc(C#N)cc(C)c1Oc1nc(Nc2ccc(B3OC(C)(C)C(C)(C)O3)cc2)nc2sccc12. The molecule has 0 atom stereocenters. The second-order valence-corrected chi connectivity index (χ2v) is 10.9. The second kappa shape index (κ2) is 8.89. The van der Waals surface area contributed by atoms with Crippen LogP contribution >= 0.6 is 11.3 Å². The topological polar surface area (TPSA) is 89.3 Å². The highest BCUT2D eigenvalue weighted by atomic mass is 32.1. The molecule has 2 aromatic heterocycles. The van der Waals surface area contributed by atoms with Gasteiger partial charge in [-0.3, -0.25) is 0 Å². The Hall–Kier alpha value is -3.45. The number of rotatable bonds is 5. The monoisotopic (exact) mass is 498 g/mol. The Labute approximate surface area is 215 Å². The molecule has 0 saturated carbocycles. The van der Waals surface area contributed by atoms with Crippen molar-refractivity contribution >= 4 is 45.8 Å². The number of aryl methyl sites for hydroxylation is 2. The van der Waals surface area contributed by atoms with Crippen molar-refractivity contribution in [3.63, 3.8) is 0 Å². The average molecular weight is 498 g/mol. The number of anilines is 2. The zero-order valence-corrected chi connectivity index (χ0v) is 22.0. The molecule has 3 heterocycles. The van der Waals surface area contributed by atoms with Crippen LogP contribution in [0.2, 0.25) is 0 Å². The number of thiophene rings is 1. The molecule has 1 saturated heterocycles. The molecule has 7 nitrogen and oxygen atoms in total. The van der Waals surface area contributed by atoms with Crippen molar-refractivity contribution in [2.24, 2.45) is 0 Å². The first-order valence-corrected chi connectivity index (χ1v) is 12.6. The van der Waals surface area contributed by atoms with E-state index in [0.29, 0.717) is 23.1 Å². The van der Waals surface area contributed by atoms with Gasteiger partial charge < -0.3 is 19.4 Å². The van der Waals surface area contributed by atoms with Gasteiger partial charge in [-0.1, -0.05) is 12.1 Å². The summed E-state index contributed by atoms with van der Waals surface area (Å²) in [5.41, 5.74) is 3.36. The highest BCUT2D eigenvalue weighted by Crippen LogP contribution is 2.37. The van der Waals surface area contributed by atoms with Crippen LogP contribution in [0.3, 0.4) is 0 Å². The van der Waals surface area contributed by atoms with E-state index in [2.05, 4.69) is 21.4 Å². The van der Waals surface area contributed by atoms with Crippen molar-refractivity contribution in [2.75, 3.05) is 5.32 Å². The first-order valence-electron chi connectivity index (χ1n) is 11.7. The first-order chi connectivity index (χ1) is 17.1. The zero-order valence-electron chi connectivity index (χ0n) is 21.2. The molecular weight excluding hydrogens is 471 g/mol. The summed E-state index contributed by atoms with van der Waals surface area (Å²) in [6.07, 6.45) is 0. The summed E-state index contributed by atoms with van der Waals surface area (Å²) < 4.78 is 18.6. The zero-order chi connectivity index (χ0) is 25.7. The Bertz CT molecular complexity index is 1450. The highest BCUT2D eigenvalue weighted by molar-refractivity contribution is 7.16. The van der Waals surface area contributed by atoms with Gasteiger partial charge in [0.25, 0.3) is 0 Å². The maximum atomic E-state index is 9.25. The molecule has 182 valence electrons. The van der Waals surface area contributed by atoms with Gasteiger partial charge in [0.15, 0.2) is 0 Å². The molecule has 2 aromatic carbocycles. The Balaban J connectivity index is 1.40. The lowest BCUT2D eigenvalue weighted by Gasteiger charge is -2.32. The van der Waals surface area contributed by atoms with E-state index in [1.165, 1.54) is 11.3 Å². The molecule has 4 aromatic rings. The summed E-state index contributed by atoms with van der Waals surface area (Å²) >= 11 is 1.52. The van der Waals surface area contributed by atoms with Gasteiger partial charge in [0.2, 0.25) is 11.8 Å². The van der Waals surface area contributed by atoms with E-state index in [1.807, 2.05) is 89.4 Å². The molecule has 0 unspecified atom stereocenters. The minimum atomic E-state index is -0.415. The molecular formula is C27H27BN4O3S. The summed E-state index contributed by atoms with van der Waals surface area (Å²) in [7, 11) is -0.415. The number of nitrogens with one attached hydrogen (secondary N) is 1. The minimum absolute atomic E-state index is 0.388. The number of aromatic nitrogens is 2. The predicted molar refractivity (Wildman–Crippen MR) is 144 cm³/mol. The smallest absolute Gasteiger partial charge is 0.438 e. The molecule has 9 heteroatoms. The Morgan fingerprint density at radius 3 is 2.22 bits per heavy atom. The molecule has 0 bridgehead atoms. The molecule has 36 heavy (non-hydrogen) atoms. The number of nitriles is 1. The van der Waals surface area contributed by atoms with Crippen molar-refractivity contribution in [3.05, 3.63) is 64.5 Å². The minimum Gasteiger partial charge on any atom is -0.438 e. The van der Waals surface area contributed by atoms with Gasteiger partial charge in [0, 0.05) is 5.69 Å². The van der Waals surface area contributed by atoms with E-state index >= 15 is 0 Å². The molecule has 0 spiro atoms. The maximum absolute atomic E-state index is 9.25. The lowest BCUT2D eigenvalue weighted by molar-refractivity contribution is 0.00578. The largest absolute Gasteiger partial charge is 0.494 e. The van der Waals surface area contributed by atoms with Crippen LogP contribution in [0.15, 0.2) is 47.8 Å². The number of benzene rings is 2. The Morgan fingerprint density at radius 2 is 1.61 bits per heavy atom. The molecule has 0 amide bonds. The number of nitrogens with zero attached hydrogens (tertiary/aromatic N) is 3. The van der Waals surface area contributed by atoms with Crippen molar-refractivity contribution in [3.8, 4) is 17.7 Å². The number of hydrogen-bond donors (Lipinski definition) is 1. The van der Waals surface area contributed by atoms with Crippen LogP contribution in [-0.4, -0.2) is 28.3 Å². The summed E-state index contributed by atoms with van der Waals surface area (Å²) in [4.78, 5) is 10.2. The second-order valence-electron chi connectivity index (χ2n) is 9.98. The number of ether oxygens (including phenoxy) is 1. The summed E-state index contributed by atoms with van der Waals surface area (Å²) in [5, 5.41) is 15.3. The van der Waals surface area contributed by atoms with Crippen LogP contribution in [0, 0.1) is 25.2 Å².